The number of rotatable bonds is 4. The second-order valence-electron chi connectivity index (χ2n) is 4.04. The molecule has 0 spiro atoms. The predicted molar refractivity (Wildman–Crippen MR) is 75.4 cm³/mol. The molecule has 0 aromatic heterocycles. The van der Waals surface area contributed by atoms with Crippen molar-refractivity contribution in [3.05, 3.63) is 33.8 Å². The molecule has 5 nitrogen and oxygen atoms in total. The first-order chi connectivity index (χ1) is 8.92. The average molecular weight is 304 g/mol. The first-order valence-electron chi connectivity index (χ1n) is 5.56. The van der Waals surface area contributed by atoms with Gasteiger partial charge in [-0.25, -0.2) is 4.79 Å². The highest BCUT2D eigenvalue weighted by molar-refractivity contribution is 6.35. The van der Waals surface area contributed by atoms with E-state index in [1.807, 2.05) is 0 Å². The molecule has 0 bridgehead atoms. The number of benzene rings is 1. The van der Waals surface area contributed by atoms with Gasteiger partial charge in [-0.05, 0) is 24.7 Å². The zero-order valence-corrected chi connectivity index (χ0v) is 12.2. The summed E-state index contributed by atoms with van der Waals surface area (Å²) in [4.78, 5) is 24.2. The molecular formula is C12H15Cl2N3O2. The molecule has 0 unspecified atom stereocenters. The Balaban J connectivity index is 2.53. The molecule has 0 aliphatic rings. The molecule has 7 heteroatoms. The number of carbonyl (C=O) groups is 2. The Morgan fingerprint density at radius 1 is 1.32 bits per heavy atom. The Morgan fingerprint density at radius 3 is 2.58 bits per heavy atom. The quantitative estimate of drug-likeness (QED) is 0.893. The van der Waals surface area contributed by atoms with Crippen LogP contribution < -0.4 is 10.6 Å². The van der Waals surface area contributed by atoms with E-state index < -0.39 is 6.03 Å². The van der Waals surface area contributed by atoms with Gasteiger partial charge >= 0.3 is 6.03 Å². The van der Waals surface area contributed by atoms with Crippen molar-refractivity contribution in [1.82, 2.24) is 15.5 Å². The number of nitrogens with one attached hydrogen (secondary N) is 2. The summed E-state index contributed by atoms with van der Waals surface area (Å²) in [5, 5.41) is 5.61. The molecule has 0 radical (unpaired) electrons. The number of halogens is 2. The first kappa shape index (κ1) is 15.8. The van der Waals surface area contributed by atoms with Gasteiger partial charge in [0.05, 0.1) is 6.54 Å². The SMILES string of the molecule is CNC(=O)NC(=O)CN(C)Cc1ccc(Cl)cc1Cl. The molecule has 2 N–H and O–H groups in total. The minimum absolute atomic E-state index is 0.0897. The summed E-state index contributed by atoms with van der Waals surface area (Å²) in [6.07, 6.45) is 0. The second-order valence-corrected chi connectivity index (χ2v) is 4.88. The molecule has 0 saturated heterocycles. The Bertz CT molecular complexity index is 480. The maximum absolute atomic E-state index is 11.5. The van der Waals surface area contributed by atoms with Crippen molar-refractivity contribution in [1.29, 1.82) is 0 Å². The van der Waals surface area contributed by atoms with Crippen molar-refractivity contribution < 1.29 is 9.59 Å². The van der Waals surface area contributed by atoms with Crippen LogP contribution in [0.2, 0.25) is 10.0 Å². The van der Waals surface area contributed by atoms with E-state index in [0.29, 0.717) is 16.6 Å². The Morgan fingerprint density at radius 2 is 2.00 bits per heavy atom. The van der Waals surface area contributed by atoms with Crippen molar-refractivity contribution in [3.8, 4) is 0 Å². The lowest BCUT2D eigenvalue weighted by atomic mass is 10.2. The highest BCUT2D eigenvalue weighted by atomic mass is 35.5. The van der Waals surface area contributed by atoms with Gasteiger partial charge in [-0.15, -0.1) is 0 Å². The number of imide groups is 1. The number of urea groups is 1. The summed E-state index contributed by atoms with van der Waals surface area (Å²) in [5.41, 5.74) is 0.862. The maximum atomic E-state index is 11.5. The van der Waals surface area contributed by atoms with Gasteiger partial charge in [-0.3, -0.25) is 15.0 Å². The molecule has 3 amide bonds. The van der Waals surface area contributed by atoms with Crippen LogP contribution in [-0.4, -0.2) is 37.5 Å². The van der Waals surface area contributed by atoms with E-state index in [9.17, 15) is 9.59 Å². The van der Waals surface area contributed by atoms with Crippen molar-refractivity contribution in [3.63, 3.8) is 0 Å². The topological polar surface area (TPSA) is 61.4 Å². The van der Waals surface area contributed by atoms with Gasteiger partial charge in [0, 0.05) is 23.6 Å². The van der Waals surface area contributed by atoms with Crippen LogP contribution in [0.5, 0.6) is 0 Å². The standard InChI is InChI=1S/C12H15Cl2N3O2/c1-15-12(19)16-11(18)7-17(2)6-8-3-4-9(13)5-10(8)14/h3-5H,6-7H2,1-2H3,(H2,15,16,18,19). The van der Waals surface area contributed by atoms with Crippen LogP contribution in [-0.2, 0) is 11.3 Å². The minimum Gasteiger partial charge on any atom is -0.341 e. The Hall–Kier alpha value is -1.30. The summed E-state index contributed by atoms with van der Waals surface area (Å²) in [6.45, 7) is 0.573. The third-order valence-corrected chi connectivity index (χ3v) is 2.94. The van der Waals surface area contributed by atoms with E-state index in [-0.39, 0.29) is 12.5 Å². The van der Waals surface area contributed by atoms with Crippen LogP contribution in [0.4, 0.5) is 4.79 Å². The summed E-state index contributed by atoms with van der Waals surface area (Å²) >= 11 is 11.8. The monoisotopic (exact) mass is 303 g/mol. The van der Waals surface area contributed by atoms with Crippen molar-refractivity contribution in [2.75, 3.05) is 20.6 Å². The van der Waals surface area contributed by atoms with Crippen LogP contribution in [0.1, 0.15) is 5.56 Å². The molecular weight excluding hydrogens is 289 g/mol. The van der Waals surface area contributed by atoms with Gasteiger partial charge in [0.1, 0.15) is 0 Å². The minimum atomic E-state index is -0.525. The van der Waals surface area contributed by atoms with E-state index in [0.717, 1.165) is 5.56 Å². The smallest absolute Gasteiger partial charge is 0.321 e. The third kappa shape index (κ3) is 5.46. The number of amides is 3. The molecule has 19 heavy (non-hydrogen) atoms. The van der Waals surface area contributed by atoms with Gasteiger partial charge in [0.2, 0.25) is 5.91 Å². The van der Waals surface area contributed by atoms with Gasteiger partial charge in [0.25, 0.3) is 0 Å². The van der Waals surface area contributed by atoms with Crippen LogP contribution in [0.3, 0.4) is 0 Å². The van der Waals surface area contributed by atoms with Crippen molar-refractivity contribution >= 4 is 35.1 Å². The van der Waals surface area contributed by atoms with E-state index in [1.165, 1.54) is 7.05 Å². The lowest BCUT2D eigenvalue weighted by molar-refractivity contribution is -0.120. The van der Waals surface area contributed by atoms with Crippen LogP contribution in [0.15, 0.2) is 18.2 Å². The van der Waals surface area contributed by atoms with Crippen LogP contribution in [0, 0.1) is 0 Å². The molecule has 0 aliphatic heterocycles. The summed E-state index contributed by atoms with van der Waals surface area (Å²) < 4.78 is 0. The predicted octanol–water partition coefficient (Wildman–Crippen LogP) is 1.88. The van der Waals surface area contributed by atoms with Crippen molar-refractivity contribution in [2.45, 2.75) is 6.54 Å². The van der Waals surface area contributed by atoms with E-state index in [1.54, 1.807) is 30.1 Å². The molecule has 104 valence electrons. The van der Waals surface area contributed by atoms with Crippen LogP contribution in [0.25, 0.3) is 0 Å². The van der Waals surface area contributed by atoms with Gasteiger partial charge in [0.15, 0.2) is 0 Å². The highest BCUT2D eigenvalue weighted by Gasteiger charge is 2.11. The molecule has 1 rings (SSSR count). The molecule has 0 atom stereocenters. The summed E-state index contributed by atoms with van der Waals surface area (Å²) in [5.74, 6) is -0.382. The van der Waals surface area contributed by atoms with Crippen LogP contribution >= 0.6 is 23.2 Å². The molecule has 0 saturated carbocycles. The van der Waals surface area contributed by atoms with E-state index in [2.05, 4.69) is 10.6 Å². The Kier molecular flexibility index (Phi) is 6.08. The normalized spacial score (nSPS) is 10.4. The number of nitrogens with zero attached hydrogens (tertiary/aromatic N) is 1. The fourth-order valence-corrected chi connectivity index (χ4v) is 1.94. The maximum Gasteiger partial charge on any atom is 0.321 e. The summed E-state index contributed by atoms with van der Waals surface area (Å²) in [7, 11) is 3.20. The number of hydrogen-bond donors (Lipinski definition) is 2. The second kappa shape index (κ2) is 7.33. The molecule has 0 aliphatic carbocycles. The summed E-state index contributed by atoms with van der Waals surface area (Å²) in [6, 6.07) is 4.67. The Labute approximate surface area is 121 Å². The largest absolute Gasteiger partial charge is 0.341 e. The lowest BCUT2D eigenvalue weighted by Gasteiger charge is -2.16. The van der Waals surface area contributed by atoms with E-state index in [4.69, 9.17) is 23.2 Å². The van der Waals surface area contributed by atoms with Gasteiger partial charge < -0.3 is 5.32 Å². The number of likely N-dealkylation sites (N-methyl/N-ethyl adjacent to an activating group) is 1. The third-order valence-electron chi connectivity index (χ3n) is 2.35. The van der Waals surface area contributed by atoms with Crippen molar-refractivity contribution in [2.24, 2.45) is 0 Å². The fourth-order valence-electron chi connectivity index (χ4n) is 1.47. The molecule has 1 aromatic carbocycles. The fraction of sp³-hybridized carbons (Fsp3) is 0.333. The lowest BCUT2D eigenvalue weighted by Crippen LogP contribution is -2.42. The van der Waals surface area contributed by atoms with Gasteiger partial charge in [-0.2, -0.15) is 0 Å². The zero-order valence-electron chi connectivity index (χ0n) is 10.7. The molecule has 0 heterocycles. The molecule has 1 aromatic rings. The first-order valence-corrected chi connectivity index (χ1v) is 6.32. The zero-order chi connectivity index (χ0) is 14.4. The van der Waals surface area contributed by atoms with Gasteiger partial charge in [-0.1, -0.05) is 29.3 Å². The average Bonchev–Trinajstić information content (AvgIpc) is 2.32. The number of carbonyl (C=O) groups excluding carboxylic acids is 2. The number of hydrogen-bond acceptors (Lipinski definition) is 3. The van der Waals surface area contributed by atoms with E-state index >= 15 is 0 Å². The highest BCUT2D eigenvalue weighted by Crippen LogP contribution is 2.21. The molecule has 0 fully saturated rings.